The topological polar surface area (TPSA) is 116 Å². The highest BCUT2D eigenvalue weighted by Gasteiger charge is 2.73. The summed E-state index contributed by atoms with van der Waals surface area (Å²) in [5.74, 6) is -0.371. The summed E-state index contributed by atoms with van der Waals surface area (Å²) in [6.45, 7) is 5.42. The van der Waals surface area contributed by atoms with Crippen molar-refractivity contribution in [2.45, 2.75) is 69.5 Å². The molecule has 8 nitrogen and oxygen atoms in total. The van der Waals surface area contributed by atoms with Gasteiger partial charge in [0.2, 0.25) is 5.78 Å². The Morgan fingerprint density at radius 3 is 2.63 bits per heavy atom. The van der Waals surface area contributed by atoms with Crippen molar-refractivity contribution in [2.24, 2.45) is 28.6 Å². The second-order valence-corrected chi connectivity index (χ2v) is 13.7. The molecule has 7 atom stereocenters. The first kappa shape index (κ1) is 25.9. The minimum Gasteiger partial charge on any atom is -0.504 e. The molecular weight excluding hydrogens is 508 g/mol. The van der Waals surface area contributed by atoms with Crippen LogP contribution >= 0.6 is 0 Å². The number of allylic oxidation sites excluding steroid dienone is 3. The molecule has 38 heavy (non-hydrogen) atoms. The fourth-order valence-corrected chi connectivity index (χ4v) is 9.37. The van der Waals surface area contributed by atoms with E-state index in [0.29, 0.717) is 12.8 Å². The zero-order valence-electron chi connectivity index (χ0n) is 21.9. The van der Waals surface area contributed by atoms with Gasteiger partial charge in [0, 0.05) is 10.8 Å². The highest BCUT2D eigenvalue weighted by molar-refractivity contribution is 7.86. The number of hydrogen-bond acceptors (Lipinski definition) is 8. The number of ether oxygens (including phenoxy) is 2. The fourth-order valence-electron chi connectivity index (χ4n) is 8.50. The van der Waals surface area contributed by atoms with Crippen LogP contribution in [0.2, 0.25) is 0 Å². The van der Waals surface area contributed by atoms with Crippen LogP contribution in [0.4, 0.5) is 0 Å². The number of ketones is 2. The van der Waals surface area contributed by atoms with E-state index in [2.05, 4.69) is 13.8 Å². The second kappa shape index (κ2) is 8.58. The van der Waals surface area contributed by atoms with Gasteiger partial charge in [-0.3, -0.25) is 13.8 Å². The van der Waals surface area contributed by atoms with Crippen LogP contribution in [-0.4, -0.2) is 50.2 Å². The molecular formula is C29H34O8S. The molecule has 3 saturated carbocycles. The van der Waals surface area contributed by atoms with E-state index in [0.717, 1.165) is 30.4 Å². The zero-order chi connectivity index (χ0) is 27.1. The van der Waals surface area contributed by atoms with E-state index in [9.17, 15) is 23.1 Å². The van der Waals surface area contributed by atoms with Crippen molar-refractivity contribution in [1.29, 1.82) is 0 Å². The largest absolute Gasteiger partial charge is 0.504 e. The van der Waals surface area contributed by atoms with Crippen LogP contribution < -0.4 is 0 Å². The van der Waals surface area contributed by atoms with E-state index in [4.69, 9.17) is 13.7 Å². The van der Waals surface area contributed by atoms with Crippen molar-refractivity contribution in [3.8, 4) is 0 Å². The SMILES string of the molecule is Cc1ccc(S(=O)(=O)OCC(=O)[C@@]23OCO[C@@H]2C[C@H]2[C@@H]4CCC5=CC(=O)C(O)=C[C@]5(C)[C@H]4CC[C@@]23C)cc1. The van der Waals surface area contributed by atoms with Crippen LogP contribution in [0, 0.1) is 35.5 Å². The number of aliphatic hydroxyl groups is 1. The lowest BCUT2D eigenvalue weighted by Crippen LogP contribution is -2.60. The number of aliphatic hydroxyl groups excluding tert-OH is 1. The quantitative estimate of drug-likeness (QED) is 0.551. The Bertz CT molecular complexity index is 1360. The van der Waals surface area contributed by atoms with Crippen molar-refractivity contribution in [1.82, 2.24) is 0 Å². The van der Waals surface area contributed by atoms with E-state index in [1.807, 2.05) is 6.92 Å². The minimum absolute atomic E-state index is 0.00568. The Labute approximate surface area is 223 Å². The Kier molecular flexibility index (Phi) is 5.85. The van der Waals surface area contributed by atoms with Crippen molar-refractivity contribution in [2.75, 3.05) is 13.4 Å². The van der Waals surface area contributed by atoms with Gasteiger partial charge >= 0.3 is 0 Å². The van der Waals surface area contributed by atoms with Gasteiger partial charge in [-0.15, -0.1) is 0 Å². The van der Waals surface area contributed by atoms with Gasteiger partial charge in [-0.2, -0.15) is 8.42 Å². The number of carbonyl (C=O) groups is 2. The lowest BCUT2D eigenvalue weighted by atomic mass is 9.47. The number of benzene rings is 1. The van der Waals surface area contributed by atoms with Crippen molar-refractivity contribution in [3.63, 3.8) is 0 Å². The molecule has 1 aromatic carbocycles. The molecule has 0 amide bonds. The Hall–Kier alpha value is -2.33. The molecule has 4 aliphatic carbocycles. The van der Waals surface area contributed by atoms with Crippen molar-refractivity contribution >= 4 is 21.7 Å². The van der Waals surface area contributed by atoms with Crippen LogP contribution in [0.25, 0.3) is 0 Å². The second-order valence-electron chi connectivity index (χ2n) is 12.1. The molecule has 1 heterocycles. The van der Waals surface area contributed by atoms with E-state index >= 15 is 0 Å². The van der Waals surface area contributed by atoms with Gasteiger partial charge in [0.25, 0.3) is 10.1 Å². The van der Waals surface area contributed by atoms with Gasteiger partial charge in [-0.05, 0) is 81.1 Å². The predicted molar refractivity (Wildman–Crippen MR) is 136 cm³/mol. The molecule has 1 N–H and O–H groups in total. The van der Waals surface area contributed by atoms with E-state index in [1.54, 1.807) is 24.3 Å². The number of Topliss-reactive ketones (excluding diaryl/α,β-unsaturated/α-hetero) is 1. The molecule has 5 aliphatic rings. The molecule has 0 aromatic heterocycles. The van der Waals surface area contributed by atoms with Crippen LogP contribution in [-0.2, 0) is 33.4 Å². The number of hydrogen-bond donors (Lipinski definition) is 1. The van der Waals surface area contributed by atoms with E-state index in [-0.39, 0.29) is 41.0 Å². The number of aryl methyl sites for hydroxylation is 1. The Morgan fingerprint density at radius 1 is 1.16 bits per heavy atom. The van der Waals surface area contributed by atoms with E-state index < -0.39 is 45.0 Å². The molecule has 1 aromatic rings. The van der Waals surface area contributed by atoms with Crippen LogP contribution in [0.1, 0.15) is 51.5 Å². The average molecular weight is 543 g/mol. The molecule has 0 radical (unpaired) electrons. The molecule has 4 fully saturated rings. The summed E-state index contributed by atoms with van der Waals surface area (Å²) in [7, 11) is -4.11. The van der Waals surface area contributed by atoms with Gasteiger partial charge in [0.1, 0.15) is 13.4 Å². The summed E-state index contributed by atoms with van der Waals surface area (Å²) in [5.41, 5.74) is -0.260. The molecule has 0 bridgehead atoms. The molecule has 6 rings (SSSR count). The smallest absolute Gasteiger partial charge is 0.297 e. The maximum atomic E-state index is 13.9. The van der Waals surface area contributed by atoms with Crippen LogP contribution in [0.3, 0.4) is 0 Å². The van der Waals surface area contributed by atoms with Gasteiger partial charge in [0.05, 0.1) is 11.0 Å². The maximum absolute atomic E-state index is 13.9. The third-order valence-corrected chi connectivity index (χ3v) is 11.7. The van der Waals surface area contributed by atoms with Gasteiger partial charge < -0.3 is 14.6 Å². The van der Waals surface area contributed by atoms with Crippen LogP contribution in [0.5, 0.6) is 0 Å². The first-order chi connectivity index (χ1) is 17.9. The summed E-state index contributed by atoms with van der Waals surface area (Å²) in [6.07, 6.45) is 6.60. The zero-order valence-corrected chi connectivity index (χ0v) is 22.8. The first-order valence-electron chi connectivity index (χ1n) is 13.3. The number of rotatable bonds is 5. The van der Waals surface area contributed by atoms with Gasteiger partial charge in [-0.1, -0.05) is 37.1 Å². The highest BCUT2D eigenvalue weighted by atomic mass is 32.2. The minimum atomic E-state index is -4.11. The lowest BCUT2D eigenvalue weighted by Gasteiger charge is -2.58. The molecule has 1 saturated heterocycles. The predicted octanol–water partition coefficient (Wildman–Crippen LogP) is 4.18. The monoisotopic (exact) mass is 542 g/mol. The molecule has 1 aliphatic heterocycles. The maximum Gasteiger partial charge on any atom is 0.297 e. The number of carbonyl (C=O) groups excluding carboxylic acids is 2. The summed E-state index contributed by atoms with van der Waals surface area (Å²) >= 11 is 0. The van der Waals surface area contributed by atoms with Crippen molar-refractivity contribution in [3.05, 3.63) is 53.3 Å². The van der Waals surface area contributed by atoms with Gasteiger partial charge in [-0.25, -0.2) is 0 Å². The standard InChI is InChI=1S/C29H34O8S/c1-17-4-7-19(8-5-17)38(33,34)37-15-25(32)29-26(35-16-36-29)13-22-20-9-6-18-12-23(30)24(31)14-27(18,2)21(20)10-11-28(22,29)3/h4-5,7-8,12,14,20-22,26,31H,6,9-11,13,15-16H2,1-3H3/t20-,21+,22+,26-,27+,28+,29-/m1/s1. The molecule has 9 heteroatoms. The summed E-state index contributed by atoms with van der Waals surface area (Å²) in [4.78, 5) is 26.0. The fraction of sp³-hybridized carbons (Fsp3) is 0.586. The molecule has 204 valence electrons. The summed E-state index contributed by atoms with van der Waals surface area (Å²) < 4.78 is 43.1. The Morgan fingerprint density at radius 2 is 1.89 bits per heavy atom. The van der Waals surface area contributed by atoms with E-state index in [1.165, 1.54) is 12.1 Å². The summed E-state index contributed by atoms with van der Waals surface area (Å²) in [6, 6.07) is 6.31. The normalized spacial score (nSPS) is 39.9. The highest BCUT2D eigenvalue weighted by Crippen LogP contribution is 2.69. The Balaban J connectivity index is 1.28. The van der Waals surface area contributed by atoms with Gasteiger partial charge in [0.15, 0.2) is 17.1 Å². The average Bonchev–Trinajstić information content (AvgIpc) is 3.40. The summed E-state index contributed by atoms with van der Waals surface area (Å²) in [5, 5.41) is 10.3. The third-order valence-electron chi connectivity index (χ3n) is 10.4. The third kappa shape index (κ3) is 3.48. The molecule has 0 spiro atoms. The van der Waals surface area contributed by atoms with Crippen LogP contribution in [0.15, 0.2) is 52.6 Å². The first-order valence-corrected chi connectivity index (χ1v) is 14.8. The molecule has 0 unspecified atom stereocenters. The van der Waals surface area contributed by atoms with Crippen molar-refractivity contribution < 1.29 is 36.8 Å². The number of fused-ring (bicyclic) bond motifs is 7. The lowest BCUT2D eigenvalue weighted by molar-refractivity contribution is -0.169.